The van der Waals surface area contributed by atoms with Crippen LogP contribution < -0.4 is 0 Å². The highest BCUT2D eigenvalue weighted by atomic mass is 16.6. The lowest BCUT2D eigenvalue weighted by molar-refractivity contribution is -0.167. The average Bonchev–Trinajstić information content (AvgIpc) is 3.42. The third-order valence-electron chi connectivity index (χ3n) is 16.4. The zero-order valence-electron chi connectivity index (χ0n) is 52.1. The number of unbranched alkanes of at least 4 members (excludes halogenated alkanes) is 55. The van der Waals surface area contributed by atoms with Crippen LogP contribution in [0, 0.1) is 0 Å². The van der Waals surface area contributed by atoms with Crippen molar-refractivity contribution in [2.75, 3.05) is 13.2 Å². The van der Waals surface area contributed by atoms with Gasteiger partial charge in [0.25, 0.3) is 0 Å². The molecule has 6 nitrogen and oxygen atoms in total. The molecule has 0 aliphatic carbocycles. The molecule has 0 aromatic carbocycles. The Morgan fingerprint density at radius 2 is 0.355 bits per heavy atom. The van der Waals surface area contributed by atoms with Crippen molar-refractivity contribution >= 4 is 17.9 Å². The minimum absolute atomic E-state index is 0.0614. The van der Waals surface area contributed by atoms with Crippen LogP contribution in [0.1, 0.15) is 412 Å². The first kappa shape index (κ1) is 74.4. The Morgan fingerprint density at radius 3 is 0.526 bits per heavy atom. The SMILES string of the molecule is CCCCCCCCCCCCCCCCCCCCCCCCCCCCCCCCCCC(=O)OCC(COC(=O)CCCCCCCCC)OC(=O)CCCCCCCCCCCCCCCCCCCCC. The summed E-state index contributed by atoms with van der Waals surface area (Å²) in [7, 11) is 0. The summed E-state index contributed by atoms with van der Waals surface area (Å²) < 4.78 is 16.9. The number of ether oxygens (including phenoxy) is 3. The lowest BCUT2D eigenvalue weighted by atomic mass is 10.0. The van der Waals surface area contributed by atoms with Gasteiger partial charge in [-0.3, -0.25) is 14.4 Å². The summed E-state index contributed by atoms with van der Waals surface area (Å²) in [6.07, 6.45) is 77.5. The summed E-state index contributed by atoms with van der Waals surface area (Å²) in [5.41, 5.74) is 0. The number of rotatable bonds is 66. The Balaban J connectivity index is 3.93. The van der Waals surface area contributed by atoms with Crippen LogP contribution in [0.3, 0.4) is 0 Å². The predicted molar refractivity (Wildman–Crippen MR) is 330 cm³/mol. The molecule has 0 fully saturated rings. The summed E-state index contributed by atoms with van der Waals surface area (Å²) in [6.45, 7) is 6.69. The fraction of sp³-hybridized carbons (Fsp3) is 0.957. The first-order valence-electron chi connectivity index (χ1n) is 35.0. The van der Waals surface area contributed by atoms with E-state index in [1.807, 2.05) is 0 Å². The van der Waals surface area contributed by atoms with E-state index in [4.69, 9.17) is 14.2 Å². The van der Waals surface area contributed by atoms with Crippen molar-refractivity contribution in [2.45, 2.75) is 419 Å². The first-order valence-corrected chi connectivity index (χ1v) is 35.0. The van der Waals surface area contributed by atoms with Gasteiger partial charge in [-0.05, 0) is 19.3 Å². The molecule has 0 bridgehead atoms. The van der Waals surface area contributed by atoms with Gasteiger partial charge < -0.3 is 14.2 Å². The van der Waals surface area contributed by atoms with Gasteiger partial charge in [0.15, 0.2) is 6.10 Å². The maximum absolute atomic E-state index is 12.9. The first-order chi connectivity index (χ1) is 37.5. The van der Waals surface area contributed by atoms with E-state index in [9.17, 15) is 14.4 Å². The lowest BCUT2D eigenvalue weighted by Crippen LogP contribution is -2.30. The van der Waals surface area contributed by atoms with Crippen LogP contribution in [0.5, 0.6) is 0 Å². The van der Waals surface area contributed by atoms with Gasteiger partial charge in [0.1, 0.15) is 13.2 Å². The van der Waals surface area contributed by atoms with Gasteiger partial charge in [0.05, 0.1) is 0 Å². The summed E-state index contributed by atoms with van der Waals surface area (Å²) in [5, 5.41) is 0. The third kappa shape index (κ3) is 63.2. The topological polar surface area (TPSA) is 78.9 Å². The molecule has 0 rings (SSSR count). The zero-order valence-corrected chi connectivity index (χ0v) is 52.1. The fourth-order valence-corrected chi connectivity index (χ4v) is 11.1. The van der Waals surface area contributed by atoms with E-state index >= 15 is 0 Å². The van der Waals surface area contributed by atoms with E-state index in [-0.39, 0.29) is 31.1 Å². The van der Waals surface area contributed by atoms with Crippen LogP contribution in [0.25, 0.3) is 0 Å². The van der Waals surface area contributed by atoms with Crippen molar-refractivity contribution in [3.63, 3.8) is 0 Å². The standard InChI is InChI=1S/C70H136O6/c1-4-7-10-13-16-18-20-22-24-26-28-29-30-31-32-33-34-35-36-37-38-39-40-42-43-45-47-49-51-54-57-60-63-69(72)75-66-67(65-74-68(71)62-59-56-53-15-12-9-6-3)76-70(73)64-61-58-55-52-50-48-46-44-41-27-25-23-21-19-17-14-11-8-5-2/h67H,4-66H2,1-3H3. The molecule has 0 aromatic rings. The molecule has 6 heteroatoms. The quantitative estimate of drug-likeness (QED) is 0.0343. The second-order valence-electron chi connectivity index (χ2n) is 24.2. The van der Waals surface area contributed by atoms with Crippen molar-refractivity contribution in [3.8, 4) is 0 Å². The number of esters is 3. The highest BCUT2D eigenvalue weighted by Crippen LogP contribution is 2.19. The minimum Gasteiger partial charge on any atom is -0.462 e. The second kappa shape index (κ2) is 65.9. The Hall–Kier alpha value is -1.59. The third-order valence-corrected chi connectivity index (χ3v) is 16.4. The Bertz CT molecular complexity index is 1140. The van der Waals surface area contributed by atoms with Crippen LogP contribution in [-0.2, 0) is 28.6 Å². The molecule has 0 saturated heterocycles. The largest absolute Gasteiger partial charge is 0.462 e. The second-order valence-corrected chi connectivity index (χ2v) is 24.2. The fourth-order valence-electron chi connectivity index (χ4n) is 11.1. The molecule has 0 amide bonds. The molecule has 1 unspecified atom stereocenters. The molecular weight excluding hydrogens is 937 g/mol. The molecule has 1 atom stereocenters. The minimum atomic E-state index is -0.761. The van der Waals surface area contributed by atoms with Crippen molar-refractivity contribution < 1.29 is 28.6 Å². The van der Waals surface area contributed by atoms with Gasteiger partial charge in [-0.25, -0.2) is 0 Å². The summed E-state index contributed by atoms with van der Waals surface area (Å²) in [6, 6.07) is 0. The van der Waals surface area contributed by atoms with Crippen LogP contribution in [-0.4, -0.2) is 37.2 Å². The molecule has 0 N–H and O–H groups in total. The van der Waals surface area contributed by atoms with Crippen LogP contribution >= 0.6 is 0 Å². The highest BCUT2D eigenvalue weighted by molar-refractivity contribution is 5.71. The van der Waals surface area contributed by atoms with E-state index in [2.05, 4.69) is 20.8 Å². The predicted octanol–water partition coefficient (Wildman–Crippen LogP) is 23.8. The number of hydrogen-bond donors (Lipinski definition) is 0. The molecule has 0 aliphatic rings. The average molecular weight is 1070 g/mol. The van der Waals surface area contributed by atoms with Gasteiger partial charge in [-0.1, -0.05) is 374 Å². The molecule has 0 heterocycles. The van der Waals surface area contributed by atoms with Crippen LogP contribution in [0.4, 0.5) is 0 Å². The summed E-state index contributed by atoms with van der Waals surface area (Å²) in [5.74, 6) is -0.835. The van der Waals surface area contributed by atoms with Crippen molar-refractivity contribution in [1.82, 2.24) is 0 Å². The zero-order chi connectivity index (χ0) is 55.0. The summed E-state index contributed by atoms with van der Waals surface area (Å²) in [4.78, 5) is 38.1. The normalized spacial score (nSPS) is 11.9. The monoisotopic (exact) mass is 1070 g/mol. The molecule has 0 spiro atoms. The number of carbonyl (C=O) groups excluding carboxylic acids is 3. The Labute approximate surface area is 476 Å². The molecule has 452 valence electrons. The maximum Gasteiger partial charge on any atom is 0.306 e. The van der Waals surface area contributed by atoms with Gasteiger partial charge in [-0.2, -0.15) is 0 Å². The van der Waals surface area contributed by atoms with Gasteiger partial charge >= 0.3 is 17.9 Å². The maximum atomic E-state index is 12.9. The van der Waals surface area contributed by atoms with Crippen molar-refractivity contribution in [3.05, 3.63) is 0 Å². The van der Waals surface area contributed by atoms with E-state index in [0.717, 1.165) is 57.8 Å². The molecule has 0 aliphatic heterocycles. The molecule has 0 aromatic heterocycles. The lowest BCUT2D eigenvalue weighted by Gasteiger charge is -2.18. The highest BCUT2D eigenvalue weighted by Gasteiger charge is 2.19. The molecule has 76 heavy (non-hydrogen) atoms. The number of carbonyl (C=O) groups is 3. The molecular formula is C70H136O6. The van der Waals surface area contributed by atoms with Gasteiger partial charge in [-0.15, -0.1) is 0 Å². The number of hydrogen-bond acceptors (Lipinski definition) is 6. The Kier molecular flexibility index (Phi) is 64.5. The van der Waals surface area contributed by atoms with E-state index in [1.54, 1.807) is 0 Å². The van der Waals surface area contributed by atoms with E-state index in [0.29, 0.717) is 19.3 Å². The smallest absolute Gasteiger partial charge is 0.306 e. The van der Waals surface area contributed by atoms with Gasteiger partial charge in [0.2, 0.25) is 0 Å². The van der Waals surface area contributed by atoms with Crippen molar-refractivity contribution in [2.24, 2.45) is 0 Å². The van der Waals surface area contributed by atoms with Crippen LogP contribution in [0.15, 0.2) is 0 Å². The van der Waals surface area contributed by atoms with E-state index < -0.39 is 6.10 Å². The van der Waals surface area contributed by atoms with E-state index in [1.165, 1.54) is 315 Å². The Morgan fingerprint density at radius 1 is 0.211 bits per heavy atom. The van der Waals surface area contributed by atoms with Crippen molar-refractivity contribution in [1.29, 1.82) is 0 Å². The molecule has 0 radical (unpaired) electrons. The molecule has 0 saturated carbocycles. The van der Waals surface area contributed by atoms with Gasteiger partial charge in [0, 0.05) is 19.3 Å². The van der Waals surface area contributed by atoms with Crippen LogP contribution in [0.2, 0.25) is 0 Å². The summed E-state index contributed by atoms with van der Waals surface area (Å²) >= 11 is 0.